The van der Waals surface area contributed by atoms with Crippen LogP contribution in [0.2, 0.25) is 0 Å². The van der Waals surface area contributed by atoms with E-state index in [9.17, 15) is 0 Å². The first-order valence-corrected chi connectivity index (χ1v) is 5.99. The van der Waals surface area contributed by atoms with E-state index in [-0.39, 0.29) is 0 Å². The molecular weight excluding hydrogens is 172 g/mol. The molecule has 1 fully saturated rings. The third-order valence-corrected chi connectivity index (χ3v) is 3.29. The highest BCUT2D eigenvalue weighted by atomic mass is 15.2. The molecular formula is C12H26N2. The maximum absolute atomic E-state index is 5.65. The Bertz CT molecular complexity index is 160. The van der Waals surface area contributed by atoms with Gasteiger partial charge in [0.2, 0.25) is 0 Å². The van der Waals surface area contributed by atoms with Crippen LogP contribution in [-0.2, 0) is 0 Å². The van der Waals surface area contributed by atoms with Crippen LogP contribution in [0.3, 0.4) is 0 Å². The van der Waals surface area contributed by atoms with Gasteiger partial charge in [0.25, 0.3) is 0 Å². The highest BCUT2D eigenvalue weighted by Crippen LogP contribution is 2.24. The standard InChI is InChI=1S/C12H26N2/c1-12(2,3)14-9-5-4-6-11(10-14)7-8-13/h11H,4-10,13H2,1-3H3. The first kappa shape index (κ1) is 12.0. The predicted octanol–water partition coefficient (Wildman–Crippen LogP) is 2.24. The average molecular weight is 198 g/mol. The summed E-state index contributed by atoms with van der Waals surface area (Å²) in [5, 5.41) is 0. The van der Waals surface area contributed by atoms with E-state index in [1.807, 2.05) is 0 Å². The first-order valence-electron chi connectivity index (χ1n) is 5.99. The fraction of sp³-hybridized carbons (Fsp3) is 1.00. The Labute approximate surface area is 88.8 Å². The number of likely N-dealkylation sites (tertiary alicyclic amines) is 1. The molecule has 0 aromatic carbocycles. The summed E-state index contributed by atoms with van der Waals surface area (Å²) >= 11 is 0. The smallest absolute Gasteiger partial charge is 0.0125 e. The van der Waals surface area contributed by atoms with Crippen molar-refractivity contribution < 1.29 is 0 Å². The van der Waals surface area contributed by atoms with Gasteiger partial charge < -0.3 is 5.73 Å². The molecule has 0 aromatic heterocycles. The summed E-state index contributed by atoms with van der Waals surface area (Å²) in [7, 11) is 0. The zero-order chi connectivity index (χ0) is 10.6. The third-order valence-electron chi connectivity index (χ3n) is 3.29. The minimum atomic E-state index is 0.331. The summed E-state index contributed by atoms with van der Waals surface area (Å²) < 4.78 is 0. The van der Waals surface area contributed by atoms with Crippen molar-refractivity contribution in [1.82, 2.24) is 4.90 Å². The van der Waals surface area contributed by atoms with Crippen LogP contribution in [0, 0.1) is 5.92 Å². The fourth-order valence-electron chi connectivity index (χ4n) is 2.31. The summed E-state index contributed by atoms with van der Waals surface area (Å²) in [6.07, 6.45) is 5.33. The molecule has 1 aliphatic rings. The van der Waals surface area contributed by atoms with Gasteiger partial charge in [-0.25, -0.2) is 0 Å². The van der Waals surface area contributed by atoms with Crippen molar-refractivity contribution in [1.29, 1.82) is 0 Å². The van der Waals surface area contributed by atoms with E-state index < -0.39 is 0 Å². The molecule has 1 aliphatic heterocycles. The molecule has 2 heteroatoms. The molecule has 1 unspecified atom stereocenters. The zero-order valence-electron chi connectivity index (χ0n) is 10.1. The molecule has 0 amide bonds. The van der Waals surface area contributed by atoms with Gasteiger partial charge in [0, 0.05) is 12.1 Å². The second-order valence-corrected chi connectivity index (χ2v) is 5.56. The van der Waals surface area contributed by atoms with Gasteiger partial charge in [-0.3, -0.25) is 4.90 Å². The molecule has 1 rings (SSSR count). The summed E-state index contributed by atoms with van der Waals surface area (Å²) in [5.74, 6) is 0.835. The average Bonchev–Trinajstić information content (AvgIpc) is 2.29. The van der Waals surface area contributed by atoms with Crippen molar-refractivity contribution in [2.75, 3.05) is 19.6 Å². The van der Waals surface area contributed by atoms with Crippen LogP contribution in [-0.4, -0.2) is 30.1 Å². The quantitative estimate of drug-likeness (QED) is 0.737. The maximum Gasteiger partial charge on any atom is 0.0125 e. The van der Waals surface area contributed by atoms with Crippen molar-refractivity contribution in [3.63, 3.8) is 0 Å². The number of nitrogens with two attached hydrogens (primary N) is 1. The summed E-state index contributed by atoms with van der Waals surface area (Å²) in [5.41, 5.74) is 5.98. The number of hydrogen-bond donors (Lipinski definition) is 1. The predicted molar refractivity (Wildman–Crippen MR) is 62.3 cm³/mol. The van der Waals surface area contributed by atoms with Crippen molar-refractivity contribution in [3.8, 4) is 0 Å². The number of hydrogen-bond acceptors (Lipinski definition) is 2. The minimum absolute atomic E-state index is 0.331. The summed E-state index contributed by atoms with van der Waals surface area (Å²) in [6.45, 7) is 10.3. The van der Waals surface area contributed by atoms with Gasteiger partial charge >= 0.3 is 0 Å². The lowest BCUT2D eigenvalue weighted by Crippen LogP contribution is -2.43. The lowest BCUT2D eigenvalue weighted by Gasteiger charge is -2.36. The zero-order valence-corrected chi connectivity index (χ0v) is 10.1. The van der Waals surface area contributed by atoms with Gasteiger partial charge in [0.05, 0.1) is 0 Å². The largest absolute Gasteiger partial charge is 0.330 e. The monoisotopic (exact) mass is 198 g/mol. The van der Waals surface area contributed by atoms with Crippen LogP contribution in [0.4, 0.5) is 0 Å². The molecule has 0 aromatic rings. The Kier molecular flexibility index (Phi) is 4.39. The Morgan fingerprint density at radius 3 is 2.57 bits per heavy atom. The second-order valence-electron chi connectivity index (χ2n) is 5.56. The van der Waals surface area contributed by atoms with E-state index in [1.165, 1.54) is 38.8 Å². The highest BCUT2D eigenvalue weighted by molar-refractivity contribution is 4.81. The minimum Gasteiger partial charge on any atom is -0.330 e. The molecule has 1 atom stereocenters. The molecule has 0 radical (unpaired) electrons. The summed E-state index contributed by atoms with van der Waals surface area (Å²) in [4.78, 5) is 2.63. The van der Waals surface area contributed by atoms with Gasteiger partial charge in [-0.2, -0.15) is 0 Å². The summed E-state index contributed by atoms with van der Waals surface area (Å²) in [6, 6.07) is 0. The molecule has 0 saturated carbocycles. The Hall–Kier alpha value is -0.0800. The van der Waals surface area contributed by atoms with E-state index in [2.05, 4.69) is 25.7 Å². The van der Waals surface area contributed by atoms with Gasteiger partial charge in [-0.15, -0.1) is 0 Å². The second kappa shape index (κ2) is 5.13. The highest BCUT2D eigenvalue weighted by Gasteiger charge is 2.25. The lowest BCUT2D eigenvalue weighted by molar-refractivity contribution is 0.122. The van der Waals surface area contributed by atoms with Crippen molar-refractivity contribution in [2.24, 2.45) is 11.7 Å². The molecule has 2 nitrogen and oxygen atoms in total. The van der Waals surface area contributed by atoms with E-state index in [4.69, 9.17) is 5.73 Å². The van der Waals surface area contributed by atoms with Crippen LogP contribution in [0.1, 0.15) is 46.5 Å². The molecule has 0 spiro atoms. The SMILES string of the molecule is CC(C)(C)N1CCCCC(CCN)C1. The Morgan fingerprint density at radius 1 is 1.29 bits per heavy atom. The molecule has 1 heterocycles. The van der Waals surface area contributed by atoms with Gasteiger partial charge in [-0.1, -0.05) is 6.42 Å². The Morgan fingerprint density at radius 2 is 2.00 bits per heavy atom. The van der Waals surface area contributed by atoms with Crippen molar-refractivity contribution >= 4 is 0 Å². The molecule has 2 N–H and O–H groups in total. The van der Waals surface area contributed by atoms with Crippen LogP contribution in [0.5, 0.6) is 0 Å². The van der Waals surface area contributed by atoms with Crippen LogP contribution in [0.25, 0.3) is 0 Å². The molecule has 14 heavy (non-hydrogen) atoms. The lowest BCUT2D eigenvalue weighted by atomic mass is 9.98. The van der Waals surface area contributed by atoms with Gasteiger partial charge in [0.15, 0.2) is 0 Å². The van der Waals surface area contributed by atoms with E-state index in [0.29, 0.717) is 5.54 Å². The normalized spacial score (nSPS) is 26.1. The van der Waals surface area contributed by atoms with Crippen LogP contribution in [0.15, 0.2) is 0 Å². The van der Waals surface area contributed by atoms with Crippen LogP contribution >= 0.6 is 0 Å². The fourth-order valence-corrected chi connectivity index (χ4v) is 2.31. The molecule has 84 valence electrons. The Balaban J connectivity index is 2.51. The molecule has 0 aliphatic carbocycles. The van der Waals surface area contributed by atoms with Gasteiger partial charge in [0.1, 0.15) is 0 Å². The van der Waals surface area contributed by atoms with Crippen molar-refractivity contribution in [2.45, 2.75) is 52.0 Å². The third kappa shape index (κ3) is 3.58. The number of nitrogens with zero attached hydrogens (tertiary/aromatic N) is 1. The van der Waals surface area contributed by atoms with E-state index in [0.717, 1.165) is 12.5 Å². The van der Waals surface area contributed by atoms with E-state index >= 15 is 0 Å². The molecule has 0 bridgehead atoms. The first-order chi connectivity index (χ1) is 6.54. The number of rotatable bonds is 2. The van der Waals surface area contributed by atoms with Crippen molar-refractivity contribution in [3.05, 3.63) is 0 Å². The topological polar surface area (TPSA) is 29.3 Å². The maximum atomic E-state index is 5.65. The van der Waals surface area contributed by atoms with Crippen LogP contribution < -0.4 is 5.73 Å². The van der Waals surface area contributed by atoms with Gasteiger partial charge in [-0.05, 0) is 59.0 Å². The molecule has 1 saturated heterocycles. The van der Waals surface area contributed by atoms with E-state index in [1.54, 1.807) is 0 Å².